The highest BCUT2D eigenvalue weighted by molar-refractivity contribution is 5.66. The van der Waals surface area contributed by atoms with Gasteiger partial charge < -0.3 is 15.2 Å². The van der Waals surface area contributed by atoms with E-state index in [1.807, 2.05) is 0 Å². The summed E-state index contributed by atoms with van der Waals surface area (Å²) in [6.07, 6.45) is 4.66. The third-order valence-electron chi connectivity index (χ3n) is 2.44. The second-order valence-electron chi connectivity index (χ2n) is 4.12. The average molecular weight is 215 g/mol. The van der Waals surface area contributed by atoms with Crippen LogP contribution in [0.25, 0.3) is 0 Å². The minimum absolute atomic E-state index is 0.255. The Morgan fingerprint density at radius 1 is 1.33 bits per heavy atom. The van der Waals surface area contributed by atoms with Crippen LogP contribution >= 0.6 is 0 Å². The number of ether oxygens (including phenoxy) is 1. The molecule has 1 aliphatic rings. The predicted molar refractivity (Wildman–Crippen MR) is 57.9 cm³/mol. The highest BCUT2D eigenvalue weighted by Crippen LogP contribution is 2.28. The fourth-order valence-electron chi connectivity index (χ4n) is 1.32. The summed E-state index contributed by atoms with van der Waals surface area (Å²) in [4.78, 5) is 10.2. The zero-order valence-electron chi connectivity index (χ0n) is 9.21. The number of nitrogens with one attached hydrogen (secondary N) is 1. The lowest BCUT2D eigenvalue weighted by Crippen LogP contribution is -2.19. The van der Waals surface area contributed by atoms with Crippen LogP contribution < -0.4 is 5.32 Å². The molecule has 0 amide bonds. The van der Waals surface area contributed by atoms with E-state index in [0.717, 1.165) is 38.6 Å². The fraction of sp³-hybridized carbons (Fsp3) is 0.909. The molecule has 0 atom stereocenters. The lowest BCUT2D eigenvalue weighted by atomic mass is 10.3. The predicted octanol–water partition coefficient (Wildman–Crippen LogP) is 1.26. The van der Waals surface area contributed by atoms with Crippen LogP contribution in [0.5, 0.6) is 0 Å². The van der Waals surface area contributed by atoms with Gasteiger partial charge in [0.1, 0.15) is 0 Å². The molecule has 0 radical (unpaired) electrons. The van der Waals surface area contributed by atoms with Gasteiger partial charge >= 0.3 is 5.97 Å². The first-order chi connectivity index (χ1) is 7.29. The Bertz CT molecular complexity index is 181. The van der Waals surface area contributed by atoms with Gasteiger partial charge in [0.2, 0.25) is 0 Å². The monoisotopic (exact) mass is 215 g/mol. The average Bonchev–Trinajstić information content (AvgIpc) is 2.98. The van der Waals surface area contributed by atoms with Crippen molar-refractivity contribution in [1.29, 1.82) is 0 Å². The largest absolute Gasteiger partial charge is 0.481 e. The molecule has 0 unspecified atom stereocenters. The Labute approximate surface area is 91.0 Å². The Kier molecular flexibility index (Phi) is 6.36. The van der Waals surface area contributed by atoms with Gasteiger partial charge in [0.05, 0.1) is 0 Å². The van der Waals surface area contributed by atoms with Crippen molar-refractivity contribution in [2.24, 2.45) is 5.92 Å². The van der Waals surface area contributed by atoms with Crippen molar-refractivity contribution >= 4 is 5.97 Å². The van der Waals surface area contributed by atoms with Gasteiger partial charge in [-0.05, 0) is 44.7 Å². The molecule has 4 nitrogen and oxygen atoms in total. The van der Waals surface area contributed by atoms with Crippen molar-refractivity contribution in [1.82, 2.24) is 5.32 Å². The van der Waals surface area contributed by atoms with Gasteiger partial charge in [-0.25, -0.2) is 0 Å². The zero-order valence-corrected chi connectivity index (χ0v) is 9.21. The second kappa shape index (κ2) is 7.65. The smallest absolute Gasteiger partial charge is 0.303 e. The summed E-state index contributed by atoms with van der Waals surface area (Å²) >= 11 is 0. The zero-order chi connectivity index (χ0) is 10.9. The van der Waals surface area contributed by atoms with Gasteiger partial charge in [-0.15, -0.1) is 0 Å². The van der Waals surface area contributed by atoms with E-state index in [9.17, 15) is 4.79 Å². The number of rotatable bonds is 10. The first kappa shape index (κ1) is 12.5. The van der Waals surface area contributed by atoms with Gasteiger partial charge in [-0.3, -0.25) is 4.79 Å². The number of carbonyl (C=O) groups is 1. The normalized spacial score (nSPS) is 15.5. The molecule has 4 heteroatoms. The van der Waals surface area contributed by atoms with Crippen LogP contribution in [0, 0.1) is 5.92 Å². The summed E-state index contributed by atoms with van der Waals surface area (Å²) in [6.45, 7) is 3.46. The molecule has 0 aromatic heterocycles. The Balaban J connectivity index is 1.67. The van der Waals surface area contributed by atoms with E-state index in [1.165, 1.54) is 12.8 Å². The van der Waals surface area contributed by atoms with Gasteiger partial charge in [0.15, 0.2) is 0 Å². The fourth-order valence-corrected chi connectivity index (χ4v) is 1.32. The number of hydrogen-bond donors (Lipinski definition) is 2. The Morgan fingerprint density at radius 2 is 2.07 bits per heavy atom. The van der Waals surface area contributed by atoms with E-state index in [4.69, 9.17) is 9.84 Å². The summed E-state index contributed by atoms with van der Waals surface area (Å²) in [5.74, 6) is 0.123. The molecular weight excluding hydrogens is 194 g/mol. The summed E-state index contributed by atoms with van der Waals surface area (Å²) in [5, 5.41) is 11.6. The standard InChI is InChI=1S/C11H21NO3/c13-11(14)3-1-6-12-7-2-8-15-9-10-4-5-10/h10,12H,1-9H2,(H,13,14). The summed E-state index contributed by atoms with van der Waals surface area (Å²) in [5.41, 5.74) is 0. The molecule has 0 spiro atoms. The molecule has 0 heterocycles. The van der Waals surface area contributed by atoms with Crippen LogP contribution in [0.15, 0.2) is 0 Å². The first-order valence-corrected chi connectivity index (χ1v) is 5.79. The topological polar surface area (TPSA) is 58.6 Å². The summed E-state index contributed by atoms with van der Waals surface area (Å²) in [6, 6.07) is 0. The lowest BCUT2D eigenvalue weighted by molar-refractivity contribution is -0.137. The number of hydrogen-bond acceptors (Lipinski definition) is 3. The third-order valence-corrected chi connectivity index (χ3v) is 2.44. The molecule has 1 saturated carbocycles. The van der Waals surface area contributed by atoms with E-state index in [1.54, 1.807) is 0 Å². The molecule has 88 valence electrons. The maximum atomic E-state index is 10.2. The van der Waals surface area contributed by atoms with Crippen molar-refractivity contribution in [3.8, 4) is 0 Å². The maximum Gasteiger partial charge on any atom is 0.303 e. The number of carboxylic acid groups (broad SMARTS) is 1. The van der Waals surface area contributed by atoms with Gasteiger partial charge in [-0.2, -0.15) is 0 Å². The molecule has 0 saturated heterocycles. The molecule has 0 aliphatic heterocycles. The molecule has 0 aromatic rings. The summed E-state index contributed by atoms with van der Waals surface area (Å²) in [7, 11) is 0. The van der Waals surface area contributed by atoms with E-state index >= 15 is 0 Å². The van der Waals surface area contributed by atoms with Crippen molar-refractivity contribution in [2.45, 2.75) is 32.1 Å². The first-order valence-electron chi connectivity index (χ1n) is 5.79. The van der Waals surface area contributed by atoms with Gasteiger partial charge in [0, 0.05) is 19.6 Å². The maximum absolute atomic E-state index is 10.2. The SMILES string of the molecule is O=C(O)CCCNCCCOCC1CC1. The molecule has 1 rings (SSSR count). The molecule has 1 aliphatic carbocycles. The molecular formula is C11H21NO3. The van der Waals surface area contributed by atoms with Crippen molar-refractivity contribution in [3.05, 3.63) is 0 Å². The highest BCUT2D eigenvalue weighted by atomic mass is 16.5. The van der Waals surface area contributed by atoms with E-state index in [0.29, 0.717) is 6.42 Å². The number of carboxylic acids is 1. The van der Waals surface area contributed by atoms with Crippen LogP contribution in [0.1, 0.15) is 32.1 Å². The molecule has 2 N–H and O–H groups in total. The van der Waals surface area contributed by atoms with Crippen LogP contribution in [0.3, 0.4) is 0 Å². The molecule has 1 fully saturated rings. The Morgan fingerprint density at radius 3 is 2.73 bits per heavy atom. The van der Waals surface area contributed by atoms with Gasteiger partial charge in [0.25, 0.3) is 0 Å². The lowest BCUT2D eigenvalue weighted by Gasteiger charge is -2.04. The van der Waals surface area contributed by atoms with Crippen LogP contribution in [0.4, 0.5) is 0 Å². The van der Waals surface area contributed by atoms with Crippen molar-refractivity contribution in [3.63, 3.8) is 0 Å². The van der Waals surface area contributed by atoms with E-state index < -0.39 is 5.97 Å². The van der Waals surface area contributed by atoms with Crippen molar-refractivity contribution in [2.75, 3.05) is 26.3 Å². The highest BCUT2D eigenvalue weighted by Gasteiger charge is 2.20. The van der Waals surface area contributed by atoms with Crippen molar-refractivity contribution < 1.29 is 14.6 Å². The van der Waals surface area contributed by atoms with Gasteiger partial charge in [-0.1, -0.05) is 0 Å². The third kappa shape index (κ3) is 8.39. The molecule has 0 aromatic carbocycles. The minimum Gasteiger partial charge on any atom is -0.481 e. The second-order valence-corrected chi connectivity index (χ2v) is 4.12. The van der Waals surface area contributed by atoms with E-state index in [-0.39, 0.29) is 6.42 Å². The number of aliphatic carboxylic acids is 1. The quantitative estimate of drug-likeness (QED) is 0.539. The Hall–Kier alpha value is -0.610. The van der Waals surface area contributed by atoms with Crippen LogP contribution in [0.2, 0.25) is 0 Å². The molecule has 0 bridgehead atoms. The molecule has 15 heavy (non-hydrogen) atoms. The summed E-state index contributed by atoms with van der Waals surface area (Å²) < 4.78 is 5.47. The van der Waals surface area contributed by atoms with E-state index in [2.05, 4.69) is 5.32 Å². The minimum atomic E-state index is -0.718. The van der Waals surface area contributed by atoms with Crippen LogP contribution in [-0.4, -0.2) is 37.4 Å². The van der Waals surface area contributed by atoms with Crippen LogP contribution in [-0.2, 0) is 9.53 Å².